The molecule has 1 saturated carbocycles. The van der Waals surface area contributed by atoms with Gasteiger partial charge in [0.1, 0.15) is 5.75 Å². The molecule has 1 amide bonds. The molecule has 0 radical (unpaired) electrons. The first kappa shape index (κ1) is 21.5. The standard InChI is InChI=1S/C22H31N5O4/c1-14(2)21-25-22(31-26-21)27-11-8-17(9-12-27)29-15-3-5-16(6-4-15)30-19-7-10-24-13-18(19)20(23)28/h7,10,13-17H,3-6,8-9,11-12H2,1-2H3,(H2,23,28)/t15-,16-. The van der Waals surface area contributed by atoms with Gasteiger partial charge in [-0.15, -0.1) is 0 Å². The molecule has 2 fully saturated rings. The predicted octanol–water partition coefficient (Wildman–Crippen LogP) is 3.06. The number of amides is 1. The number of carbonyl (C=O) groups excluding carboxylic acids is 1. The fourth-order valence-corrected chi connectivity index (χ4v) is 4.18. The third-order valence-electron chi connectivity index (χ3n) is 6.01. The van der Waals surface area contributed by atoms with Crippen molar-refractivity contribution in [2.24, 2.45) is 5.73 Å². The number of anilines is 1. The second kappa shape index (κ2) is 9.64. The molecule has 1 aliphatic carbocycles. The molecule has 3 heterocycles. The van der Waals surface area contributed by atoms with Gasteiger partial charge in [-0.25, -0.2) is 0 Å². The molecule has 0 spiro atoms. The highest BCUT2D eigenvalue weighted by Crippen LogP contribution is 2.29. The van der Waals surface area contributed by atoms with Crippen LogP contribution in [0.1, 0.15) is 74.5 Å². The maximum Gasteiger partial charge on any atom is 0.324 e. The highest BCUT2D eigenvalue weighted by molar-refractivity contribution is 5.95. The molecule has 2 aromatic rings. The summed E-state index contributed by atoms with van der Waals surface area (Å²) in [6.45, 7) is 5.84. The number of aromatic nitrogens is 3. The minimum absolute atomic E-state index is 0.0647. The summed E-state index contributed by atoms with van der Waals surface area (Å²) in [5.41, 5.74) is 5.74. The van der Waals surface area contributed by atoms with Crippen molar-refractivity contribution in [3.63, 3.8) is 0 Å². The molecule has 4 rings (SSSR count). The van der Waals surface area contributed by atoms with Crippen LogP contribution in [0.4, 0.5) is 6.01 Å². The Labute approximate surface area is 182 Å². The zero-order valence-electron chi connectivity index (χ0n) is 18.2. The molecule has 9 heteroatoms. The van der Waals surface area contributed by atoms with E-state index in [0.29, 0.717) is 17.3 Å². The van der Waals surface area contributed by atoms with E-state index in [9.17, 15) is 4.79 Å². The maximum absolute atomic E-state index is 11.5. The smallest absolute Gasteiger partial charge is 0.324 e. The largest absolute Gasteiger partial charge is 0.489 e. The zero-order chi connectivity index (χ0) is 21.8. The normalized spacial score (nSPS) is 22.6. The second-order valence-corrected chi connectivity index (χ2v) is 8.66. The lowest BCUT2D eigenvalue weighted by Crippen LogP contribution is -2.40. The number of nitrogens with zero attached hydrogens (tertiary/aromatic N) is 4. The third-order valence-corrected chi connectivity index (χ3v) is 6.01. The molecule has 2 aliphatic rings. The van der Waals surface area contributed by atoms with Gasteiger partial charge in [-0.3, -0.25) is 9.78 Å². The minimum atomic E-state index is -0.521. The molecule has 1 saturated heterocycles. The van der Waals surface area contributed by atoms with Crippen LogP contribution >= 0.6 is 0 Å². The van der Waals surface area contributed by atoms with Crippen LogP contribution in [0.25, 0.3) is 0 Å². The van der Waals surface area contributed by atoms with Crippen LogP contribution in [-0.4, -0.2) is 52.4 Å². The summed E-state index contributed by atoms with van der Waals surface area (Å²) < 4.78 is 17.8. The van der Waals surface area contributed by atoms with E-state index < -0.39 is 5.91 Å². The Hall–Kier alpha value is -2.68. The van der Waals surface area contributed by atoms with Crippen LogP contribution in [-0.2, 0) is 4.74 Å². The van der Waals surface area contributed by atoms with Crippen LogP contribution < -0.4 is 15.4 Å². The monoisotopic (exact) mass is 429 g/mol. The summed E-state index contributed by atoms with van der Waals surface area (Å²) >= 11 is 0. The summed E-state index contributed by atoms with van der Waals surface area (Å²) in [6.07, 6.45) is 9.23. The summed E-state index contributed by atoms with van der Waals surface area (Å²) in [7, 11) is 0. The lowest BCUT2D eigenvalue weighted by Gasteiger charge is -2.35. The van der Waals surface area contributed by atoms with E-state index in [1.165, 1.54) is 6.20 Å². The summed E-state index contributed by atoms with van der Waals surface area (Å²) in [5, 5.41) is 4.06. The van der Waals surface area contributed by atoms with E-state index >= 15 is 0 Å². The molecular formula is C22H31N5O4. The molecule has 31 heavy (non-hydrogen) atoms. The van der Waals surface area contributed by atoms with Gasteiger partial charge in [-0.1, -0.05) is 19.0 Å². The van der Waals surface area contributed by atoms with Gasteiger partial charge in [-0.2, -0.15) is 4.98 Å². The van der Waals surface area contributed by atoms with E-state index in [2.05, 4.69) is 33.9 Å². The van der Waals surface area contributed by atoms with Crippen molar-refractivity contribution in [1.29, 1.82) is 0 Å². The lowest BCUT2D eigenvalue weighted by atomic mass is 9.94. The van der Waals surface area contributed by atoms with Gasteiger partial charge in [0, 0.05) is 31.4 Å². The first-order valence-corrected chi connectivity index (χ1v) is 11.1. The average Bonchev–Trinajstić information content (AvgIpc) is 3.27. The van der Waals surface area contributed by atoms with Crippen molar-refractivity contribution in [3.8, 4) is 5.75 Å². The van der Waals surface area contributed by atoms with Crippen LogP contribution in [0.5, 0.6) is 5.75 Å². The van der Waals surface area contributed by atoms with Crippen molar-refractivity contribution in [3.05, 3.63) is 29.8 Å². The Morgan fingerprint density at radius 3 is 2.45 bits per heavy atom. The summed E-state index contributed by atoms with van der Waals surface area (Å²) in [4.78, 5) is 22.1. The van der Waals surface area contributed by atoms with Crippen molar-refractivity contribution < 1.29 is 18.8 Å². The van der Waals surface area contributed by atoms with Crippen molar-refractivity contribution in [2.75, 3.05) is 18.0 Å². The molecule has 2 N–H and O–H groups in total. The maximum atomic E-state index is 11.5. The minimum Gasteiger partial charge on any atom is -0.489 e. The highest BCUT2D eigenvalue weighted by atomic mass is 16.5. The number of hydrogen-bond donors (Lipinski definition) is 1. The fraction of sp³-hybridized carbons (Fsp3) is 0.636. The van der Waals surface area contributed by atoms with E-state index in [1.807, 2.05) is 0 Å². The number of ether oxygens (including phenoxy) is 2. The Morgan fingerprint density at radius 1 is 1.13 bits per heavy atom. The average molecular weight is 430 g/mol. The van der Waals surface area contributed by atoms with Gasteiger partial charge in [0.25, 0.3) is 5.91 Å². The van der Waals surface area contributed by atoms with Crippen LogP contribution in [0.3, 0.4) is 0 Å². The molecule has 0 unspecified atom stereocenters. The van der Waals surface area contributed by atoms with E-state index in [4.69, 9.17) is 19.7 Å². The first-order valence-electron chi connectivity index (χ1n) is 11.1. The highest BCUT2D eigenvalue weighted by Gasteiger charge is 2.29. The SMILES string of the molecule is CC(C)c1noc(N2CCC(O[C@H]3CC[C@H](Oc4ccncc4C(N)=O)CC3)CC2)n1. The van der Waals surface area contributed by atoms with Crippen LogP contribution in [0.15, 0.2) is 23.0 Å². The van der Waals surface area contributed by atoms with Crippen molar-refractivity contribution in [1.82, 2.24) is 15.1 Å². The zero-order valence-corrected chi connectivity index (χ0v) is 18.2. The fourth-order valence-electron chi connectivity index (χ4n) is 4.18. The quantitative estimate of drug-likeness (QED) is 0.714. The summed E-state index contributed by atoms with van der Waals surface area (Å²) in [6, 6.07) is 2.32. The first-order chi connectivity index (χ1) is 15.0. The number of hydrogen-bond acceptors (Lipinski definition) is 8. The van der Waals surface area contributed by atoms with Gasteiger partial charge in [0.05, 0.1) is 23.9 Å². The molecule has 2 aromatic heterocycles. The number of primary amides is 1. The second-order valence-electron chi connectivity index (χ2n) is 8.66. The molecule has 1 aliphatic heterocycles. The number of nitrogens with two attached hydrogens (primary N) is 1. The van der Waals surface area contributed by atoms with Gasteiger partial charge in [0.2, 0.25) is 0 Å². The van der Waals surface area contributed by atoms with Gasteiger partial charge >= 0.3 is 6.01 Å². The summed E-state index contributed by atoms with van der Waals surface area (Å²) in [5.74, 6) is 1.01. The van der Waals surface area contributed by atoms with Gasteiger partial charge < -0.3 is 24.6 Å². The van der Waals surface area contributed by atoms with Crippen molar-refractivity contribution >= 4 is 11.9 Å². The van der Waals surface area contributed by atoms with Crippen LogP contribution in [0.2, 0.25) is 0 Å². The Morgan fingerprint density at radius 2 is 1.81 bits per heavy atom. The van der Waals surface area contributed by atoms with E-state index in [0.717, 1.165) is 57.4 Å². The van der Waals surface area contributed by atoms with Gasteiger partial charge in [-0.05, 0) is 44.6 Å². The molecule has 9 nitrogen and oxygen atoms in total. The molecule has 0 aromatic carbocycles. The molecular weight excluding hydrogens is 398 g/mol. The molecule has 168 valence electrons. The van der Waals surface area contributed by atoms with Crippen LogP contribution in [0, 0.1) is 0 Å². The van der Waals surface area contributed by atoms with Crippen molar-refractivity contribution in [2.45, 2.75) is 76.6 Å². The Bertz CT molecular complexity index is 870. The lowest BCUT2D eigenvalue weighted by molar-refractivity contribution is -0.0530. The molecule has 0 atom stereocenters. The number of carbonyl (C=O) groups is 1. The number of piperidine rings is 1. The topological polar surface area (TPSA) is 117 Å². The molecule has 0 bridgehead atoms. The third kappa shape index (κ3) is 5.33. The predicted molar refractivity (Wildman–Crippen MR) is 114 cm³/mol. The van der Waals surface area contributed by atoms with Gasteiger partial charge in [0.15, 0.2) is 5.82 Å². The Balaban J connectivity index is 1.21. The number of rotatable bonds is 7. The van der Waals surface area contributed by atoms with E-state index in [-0.39, 0.29) is 24.2 Å². The van der Waals surface area contributed by atoms with E-state index in [1.54, 1.807) is 12.3 Å². The Kier molecular flexibility index (Phi) is 6.70. The number of pyridine rings is 1.